The van der Waals surface area contributed by atoms with Gasteiger partial charge in [0.15, 0.2) is 11.6 Å². The van der Waals surface area contributed by atoms with E-state index in [0.717, 1.165) is 10.5 Å². The lowest BCUT2D eigenvalue weighted by Gasteiger charge is -2.46. The van der Waals surface area contributed by atoms with Gasteiger partial charge in [0.1, 0.15) is 54.3 Å². The highest BCUT2D eigenvalue weighted by Crippen LogP contribution is 2.54. The van der Waals surface area contributed by atoms with Crippen LogP contribution < -0.4 is 31.7 Å². The number of anilines is 1. The number of ether oxygens (including phenoxy) is 3. The molecule has 0 aromatic heterocycles. The Morgan fingerprint density at radius 1 is 0.807 bits per heavy atom. The third kappa shape index (κ3) is 13.6. The number of Topliss-reactive ketones (excluding diaryl/α,β-unsaturated/α-hetero) is 1. The van der Waals surface area contributed by atoms with Crippen molar-refractivity contribution in [3.05, 3.63) is 129 Å². The summed E-state index contributed by atoms with van der Waals surface area (Å²) in [5, 5.41) is 68.1. The predicted octanol–water partition coefficient (Wildman–Crippen LogP) is 2.80. The number of fused-ring (bicyclic) bond motifs is 3. The Hall–Kier alpha value is -8.35. The zero-order valence-electron chi connectivity index (χ0n) is 45.9. The van der Waals surface area contributed by atoms with Gasteiger partial charge in [-0.1, -0.05) is 61.0 Å². The number of rotatable bonds is 24. The fraction of sp³-hybridized carbons (Fsp3) is 0.417. The van der Waals surface area contributed by atoms with Crippen LogP contribution in [-0.4, -0.2) is 152 Å². The minimum atomic E-state index is -2.36. The van der Waals surface area contributed by atoms with Crippen molar-refractivity contribution in [2.24, 2.45) is 5.73 Å². The molecule has 2 heterocycles. The number of methoxy groups -OCH3 is 1. The van der Waals surface area contributed by atoms with Crippen LogP contribution in [-0.2, 0) is 57.7 Å². The van der Waals surface area contributed by atoms with Gasteiger partial charge in [0.05, 0.1) is 42.0 Å². The number of amides is 6. The zero-order valence-corrected chi connectivity index (χ0v) is 45.9. The molecule has 0 bridgehead atoms. The number of nitrogens with two attached hydrogens (primary N) is 1. The fourth-order valence-corrected chi connectivity index (χ4v) is 11.2. The maximum atomic E-state index is 14.2. The van der Waals surface area contributed by atoms with Gasteiger partial charge in [0.2, 0.25) is 23.5 Å². The Morgan fingerprint density at radius 2 is 1.52 bits per heavy atom. The van der Waals surface area contributed by atoms with Crippen LogP contribution in [0.25, 0.3) is 0 Å². The molecule has 8 rings (SSSR count). The molecule has 0 saturated carbocycles. The van der Waals surface area contributed by atoms with Crippen molar-refractivity contribution in [1.82, 2.24) is 20.9 Å². The summed E-state index contributed by atoms with van der Waals surface area (Å²) in [6.07, 6.45) is -0.462. The number of carbonyl (C=O) groups is 9. The molecular formula is C60H68N6O17. The van der Waals surface area contributed by atoms with E-state index in [2.05, 4.69) is 21.3 Å². The van der Waals surface area contributed by atoms with Crippen LogP contribution in [0.1, 0.15) is 125 Å². The second-order valence-electron chi connectivity index (χ2n) is 21.2. The van der Waals surface area contributed by atoms with Crippen molar-refractivity contribution < 1.29 is 82.9 Å². The smallest absolute Gasteiger partial charge is 0.407 e. The van der Waals surface area contributed by atoms with E-state index in [1.54, 1.807) is 36.4 Å². The number of imide groups is 1. The predicted molar refractivity (Wildman–Crippen MR) is 296 cm³/mol. The lowest BCUT2D eigenvalue weighted by molar-refractivity contribution is -0.151. The molecule has 2 aliphatic heterocycles. The van der Waals surface area contributed by atoms with Crippen LogP contribution in [0.3, 0.4) is 0 Å². The molecule has 0 radical (unpaired) electrons. The molecule has 1 saturated heterocycles. The molecule has 0 spiro atoms. The quantitative estimate of drug-likeness (QED) is 0.0241. The van der Waals surface area contributed by atoms with Gasteiger partial charge in [0.25, 0.3) is 11.8 Å². The zero-order chi connectivity index (χ0) is 59.7. The highest BCUT2D eigenvalue weighted by atomic mass is 16.6. The van der Waals surface area contributed by atoms with E-state index in [4.69, 9.17) is 19.9 Å². The average Bonchev–Trinajstić information content (AvgIpc) is 1.45. The molecule has 8 atom stereocenters. The molecular weight excluding hydrogens is 1080 g/mol. The summed E-state index contributed by atoms with van der Waals surface area (Å²) in [6.45, 7) is 0.693. The van der Waals surface area contributed by atoms with Gasteiger partial charge in [-0.15, -0.1) is 0 Å². The molecule has 6 amide bonds. The van der Waals surface area contributed by atoms with Crippen LogP contribution >= 0.6 is 0 Å². The standard InChI is InChI=1S/C60H68N6O17/c1-32-52(72)40(27-43(83-32)37-28-60(80,44(68)30-67)29-38-48(37)55(75)51-50(54(38)74)53(73)36-14-11-16-42(81-2)49(36)56(51)76)65-59(79)82-31-34-18-20-35(21-19-34)62-57(77)39(15-8-9-24-61)64-58(78)41(26-33-12-5-3-6-13-33)63-45(69)17-7-4-10-25-66-46(70)22-23-47(66)71/h3,5-6,11-14,16,18-23,32,37,39-41,43,52,67,72,74-75,80H,4,7-10,15,17,24-31,61H2,1-2H3,(H,62,77)(H,63,69)(H,64,78)(H,65,79)/t32-,37?,39-,40?,41?,43+,52?,60+/m0/s1. The first-order valence-corrected chi connectivity index (χ1v) is 27.5. The summed E-state index contributed by atoms with van der Waals surface area (Å²) in [7, 11) is 1.30. The Balaban J connectivity index is 0.900. The number of aliphatic hydroxyl groups is 3. The number of aromatic hydroxyl groups is 2. The number of phenolic OH excluding ortho intramolecular Hbond substituents is 2. The van der Waals surface area contributed by atoms with E-state index < -0.39 is 125 Å². The largest absolute Gasteiger partial charge is 0.507 e. The number of carbonyl (C=O) groups excluding carboxylic acids is 9. The van der Waals surface area contributed by atoms with Gasteiger partial charge in [0, 0.05) is 66.3 Å². The van der Waals surface area contributed by atoms with Crippen LogP contribution in [0.15, 0.2) is 84.9 Å². The number of ketones is 3. The maximum absolute atomic E-state index is 14.2. The van der Waals surface area contributed by atoms with Gasteiger partial charge in [-0.25, -0.2) is 4.79 Å². The van der Waals surface area contributed by atoms with Gasteiger partial charge in [-0.2, -0.15) is 0 Å². The first-order chi connectivity index (χ1) is 39.8. The maximum Gasteiger partial charge on any atom is 0.407 e. The summed E-state index contributed by atoms with van der Waals surface area (Å²) in [4.78, 5) is 121. The summed E-state index contributed by atoms with van der Waals surface area (Å²) < 4.78 is 17.1. The van der Waals surface area contributed by atoms with E-state index in [9.17, 15) is 68.7 Å². The van der Waals surface area contributed by atoms with Crippen molar-refractivity contribution in [3.63, 3.8) is 0 Å². The highest BCUT2D eigenvalue weighted by molar-refractivity contribution is 6.31. The van der Waals surface area contributed by atoms with Gasteiger partial charge in [-0.05, 0) is 87.7 Å². The molecule has 23 heteroatoms. The topological polar surface area (TPSA) is 360 Å². The summed E-state index contributed by atoms with van der Waals surface area (Å²) in [5.41, 5.74) is 3.30. The van der Waals surface area contributed by atoms with E-state index in [0.29, 0.717) is 49.9 Å². The van der Waals surface area contributed by atoms with Crippen LogP contribution in [0.2, 0.25) is 0 Å². The number of nitrogens with zero attached hydrogens (tertiary/aromatic N) is 1. The fourth-order valence-electron chi connectivity index (χ4n) is 11.2. The number of nitrogens with one attached hydrogen (secondary N) is 4. The monoisotopic (exact) mass is 1140 g/mol. The molecule has 4 aromatic rings. The lowest BCUT2D eigenvalue weighted by Crippen LogP contribution is -2.57. The lowest BCUT2D eigenvalue weighted by atomic mass is 9.66. The number of aliphatic hydroxyl groups excluding tert-OH is 2. The summed E-state index contributed by atoms with van der Waals surface area (Å²) in [6, 6.07) is 16.4. The second kappa shape index (κ2) is 26.7. The van der Waals surface area contributed by atoms with E-state index >= 15 is 0 Å². The van der Waals surface area contributed by atoms with E-state index in [1.165, 1.54) is 44.4 Å². The molecule has 23 nitrogen and oxygen atoms in total. The van der Waals surface area contributed by atoms with Crippen LogP contribution in [0.5, 0.6) is 17.2 Å². The SMILES string of the molecule is COc1cccc2c1C(=O)c1c(O)c3c(c(O)c1C2=O)C[C@@](O)(C(=O)CO)CC3[C@H]1CC(NC(=O)OCc2ccc(NC(=O)[C@H](CCCCN)NC(=O)C(Cc3ccccc3)NC(=O)CCCCCN3C(=O)C=CC3=O)cc2)C(O)[C@H](C)O1. The minimum absolute atomic E-state index is 0.0375. The van der Waals surface area contributed by atoms with Gasteiger partial charge in [-0.3, -0.25) is 43.3 Å². The first kappa shape index (κ1) is 60.7. The highest BCUT2D eigenvalue weighted by Gasteiger charge is 2.52. The number of hydrogen-bond donors (Lipinski definition) is 10. The summed E-state index contributed by atoms with van der Waals surface area (Å²) >= 11 is 0. The number of phenols is 2. The number of unbranched alkanes of at least 4 members (excludes halogenated alkanes) is 3. The Morgan fingerprint density at radius 3 is 2.20 bits per heavy atom. The minimum Gasteiger partial charge on any atom is -0.507 e. The molecule has 11 N–H and O–H groups in total. The second-order valence-corrected chi connectivity index (χ2v) is 21.2. The molecule has 83 heavy (non-hydrogen) atoms. The van der Waals surface area contributed by atoms with Crippen molar-refractivity contribution in [3.8, 4) is 17.2 Å². The third-order valence-electron chi connectivity index (χ3n) is 15.6. The molecule has 4 unspecified atom stereocenters. The Bertz CT molecular complexity index is 3170. The molecule has 440 valence electrons. The van der Waals surface area contributed by atoms with Crippen LogP contribution in [0, 0.1) is 0 Å². The van der Waals surface area contributed by atoms with Crippen molar-refractivity contribution >= 4 is 58.7 Å². The summed E-state index contributed by atoms with van der Waals surface area (Å²) in [5.74, 6) is -7.64. The number of benzene rings is 4. The Kier molecular flexibility index (Phi) is 19.5. The van der Waals surface area contributed by atoms with Crippen LogP contribution in [0.4, 0.5) is 10.5 Å². The Labute approximate surface area is 477 Å². The normalized spacial score (nSPS) is 21.5. The average molecular weight is 1150 g/mol. The first-order valence-electron chi connectivity index (χ1n) is 27.5. The van der Waals surface area contributed by atoms with Crippen molar-refractivity contribution in [2.75, 3.05) is 32.1 Å². The molecule has 4 aromatic carbocycles. The van der Waals surface area contributed by atoms with Gasteiger partial charge < -0.3 is 66.7 Å². The molecule has 4 aliphatic rings. The van der Waals surface area contributed by atoms with E-state index in [1.807, 2.05) is 18.2 Å². The third-order valence-corrected chi connectivity index (χ3v) is 15.6. The van der Waals surface area contributed by atoms with Gasteiger partial charge >= 0.3 is 6.09 Å². The van der Waals surface area contributed by atoms with Crippen molar-refractivity contribution in [2.45, 2.75) is 132 Å². The number of hydrogen-bond acceptors (Lipinski definition) is 18. The van der Waals surface area contributed by atoms with E-state index in [-0.39, 0.29) is 84.6 Å². The molecule has 1 fully saturated rings. The van der Waals surface area contributed by atoms with Crippen molar-refractivity contribution in [1.29, 1.82) is 0 Å². The number of alkyl carbamates (subject to hydrolysis) is 1. The molecule has 2 aliphatic carbocycles.